The van der Waals surface area contributed by atoms with Crippen LogP contribution in [0.25, 0.3) is 0 Å². The van der Waals surface area contributed by atoms with E-state index in [9.17, 15) is 9.90 Å². The lowest BCUT2D eigenvalue weighted by atomic mass is 9.97. The molecule has 0 bridgehead atoms. The van der Waals surface area contributed by atoms with Crippen molar-refractivity contribution < 1.29 is 14.3 Å². The second-order valence-corrected chi connectivity index (χ2v) is 7.32. The molecule has 1 aromatic heterocycles. The molecule has 1 atom stereocenters. The molecule has 2 heterocycles. The molecule has 1 N–H and O–H groups in total. The SMILES string of the molecule is O=C(c1ccc(CSc2ccccc2)o1)N1Cc2ccccc2C(O)C1. The molecule has 0 aliphatic carbocycles. The van der Waals surface area contributed by atoms with E-state index in [0.29, 0.717) is 18.1 Å². The van der Waals surface area contributed by atoms with Crippen molar-refractivity contribution in [1.82, 2.24) is 4.90 Å². The number of thioether (sulfide) groups is 1. The number of hydrogen-bond acceptors (Lipinski definition) is 4. The Bertz CT molecular complexity index is 906. The number of carbonyl (C=O) groups is 1. The molecule has 1 unspecified atom stereocenters. The fraction of sp³-hybridized carbons (Fsp3) is 0.190. The number of carbonyl (C=O) groups excluding carboxylic acids is 1. The lowest BCUT2D eigenvalue weighted by Gasteiger charge is -2.31. The van der Waals surface area contributed by atoms with Gasteiger partial charge in [0, 0.05) is 11.4 Å². The normalized spacial score (nSPS) is 16.3. The Hall–Kier alpha value is -2.50. The van der Waals surface area contributed by atoms with Crippen LogP contribution in [0.1, 0.15) is 33.5 Å². The number of amides is 1. The standard InChI is InChI=1S/C21H19NO3S/c23-19-13-22(12-15-6-4-5-9-18(15)19)21(24)20-11-10-16(25-20)14-26-17-7-2-1-3-8-17/h1-11,19,23H,12-14H2. The van der Waals surface area contributed by atoms with E-state index >= 15 is 0 Å². The van der Waals surface area contributed by atoms with Crippen LogP contribution >= 0.6 is 11.8 Å². The average molecular weight is 365 g/mol. The molecule has 1 amide bonds. The van der Waals surface area contributed by atoms with Crippen LogP contribution in [-0.2, 0) is 12.3 Å². The molecule has 1 aliphatic heterocycles. The summed E-state index contributed by atoms with van der Waals surface area (Å²) in [6.45, 7) is 0.769. The molecular weight excluding hydrogens is 346 g/mol. The zero-order valence-corrected chi connectivity index (χ0v) is 15.0. The summed E-state index contributed by atoms with van der Waals surface area (Å²) in [5, 5.41) is 10.3. The number of furan rings is 1. The number of aliphatic hydroxyl groups excluding tert-OH is 1. The second-order valence-electron chi connectivity index (χ2n) is 6.27. The van der Waals surface area contributed by atoms with Crippen molar-refractivity contribution in [3.63, 3.8) is 0 Å². The molecule has 0 radical (unpaired) electrons. The van der Waals surface area contributed by atoms with Crippen molar-refractivity contribution in [2.75, 3.05) is 6.54 Å². The number of β-amino-alcohol motifs (C(OH)–C–C–N with tert-alkyl or cyclic N) is 1. The number of aliphatic hydroxyl groups is 1. The first-order valence-electron chi connectivity index (χ1n) is 8.52. The van der Waals surface area contributed by atoms with E-state index in [4.69, 9.17) is 4.42 Å². The summed E-state index contributed by atoms with van der Waals surface area (Å²) in [5.41, 5.74) is 1.88. The smallest absolute Gasteiger partial charge is 0.289 e. The van der Waals surface area contributed by atoms with Gasteiger partial charge in [0.25, 0.3) is 5.91 Å². The van der Waals surface area contributed by atoms with Gasteiger partial charge in [-0.25, -0.2) is 0 Å². The van der Waals surface area contributed by atoms with Gasteiger partial charge in [-0.15, -0.1) is 11.8 Å². The summed E-state index contributed by atoms with van der Waals surface area (Å²) in [6.07, 6.45) is -0.660. The summed E-state index contributed by atoms with van der Waals surface area (Å²) < 4.78 is 5.75. The highest BCUT2D eigenvalue weighted by atomic mass is 32.2. The number of fused-ring (bicyclic) bond motifs is 1. The fourth-order valence-corrected chi connectivity index (χ4v) is 3.95. The molecule has 2 aromatic carbocycles. The predicted octanol–water partition coefficient (Wildman–Crippen LogP) is 4.26. The quantitative estimate of drug-likeness (QED) is 0.702. The molecule has 4 rings (SSSR count). The van der Waals surface area contributed by atoms with Gasteiger partial charge in [-0.2, -0.15) is 0 Å². The first-order valence-corrected chi connectivity index (χ1v) is 9.51. The van der Waals surface area contributed by atoms with Gasteiger partial charge >= 0.3 is 0 Å². The third-order valence-electron chi connectivity index (χ3n) is 4.45. The third-order valence-corrected chi connectivity index (χ3v) is 5.49. The highest BCUT2D eigenvalue weighted by Gasteiger charge is 2.28. The van der Waals surface area contributed by atoms with E-state index in [1.54, 1.807) is 22.7 Å². The number of nitrogens with zero attached hydrogens (tertiary/aromatic N) is 1. The van der Waals surface area contributed by atoms with Crippen LogP contribution in [0.3, 0.4) is 0 Å². The highest BCUT2D eigenvalue weighted by molar-refractivity contribution is 7.98. The van der Waals surface area contributed by atoms with E-state index in [0.717, 1.165) is 21.8 Å². The Morgan fingerprint density at radius 2 is 1.85 bits per heavy atom. The minimum absolute atomic E-state index is 0.186. The largest absolute Gasteiger partial charge is 0.455 e. The van der Waals surface area contributed by atoms with Crippen LogP contribution in [0.2, 0.25) is 0 Å². The van der Waals surface area contributed by atoms with Crippen molar-refractivity contribution in [2.24, 2.45) is 0 Å². The first-order chi connectivity index (χ1) is 12.7. The fourth-order valence-electron chi connectivity index (χ4n) is 3.13. The zero-order chi connectivity index (χ0) is 17.9. The molecule has 0 fully saturated rings. The minimum atomic E-state index is -0.660. The van der Waals surface area contributed by atoms with E-state index in [1.807, 2.05) is 60.7 Å². The molecule has 0 saturated heterocycles. The Morgan fingerprint density at radius 1 is 1.08 bits per heavy atom. The van der Waals surface area contributed by atoms with Gasteiger partial charge < -0.3 is 14.4 Å². The first kappa shape index (κ1) is 16.9. The maximum absolute atomic E-state index is 12.8. The van der Waals surface area contributed by atoms with Crippen molar-refractivity contribution in [1.29, 1.82) is 0 Å². The maximum Gasteiger partial charge on any atom is 0.289 e. The van der Waals surface area contributed by atoms with Gasteiger partial charge in [-0.1, -0.05) is 42.5 Å². The van der Waals surface area contributed by atoms with Crippen LogP contribution in [0.5, 0.6) is 0 Å². The minimum Gasteiger partial charge on any atom is -0.455 e. The predicted molar refractivity (Wildman–Crippen MR) is 101 cm³/mol. The Labute approximate surface area is 156 Å². The number of hydrogen-bond donors (Lipinski definition) is 1. The van der Waals surface area contributed by atoms with Gasteiger partial charge in [0.1, 0.15) is 5.76 Å². The van der Waals surface area contributed by atoms with Crippen molar-refractivity contribution in [3.05, 3.63) is 89.4 Å². The lowest BCUT2D eigenvalue weighted by molar-refractivity contribution is 0.0520. The van der Waals surface area contributed by atoms with Crippen LogP contribution in [0, 0.1) is 0 Å². The summed E-state index contributed by atoms with van der Waals surface area (Å²) >= 11 is 1.67. The van der Waals surface area contributed by atoms with Crippen molar-refractivity contribution in [2.45, 2.75) is 23.3 Å². The van der Waals surface area contributed by atoms with Gasteiger partial charge in [-0.05, 0) is 35.4 Å². The monoisotopic (exact) mass is 365 g/mol. The van der Waals surface area contributed by atoms with E-state index in [1.165, 1.54) is 0 Å². The van der Waals surface area contributed by atoms with Crippen LogP contribution in [0.15, 0.2) is 76.0 Å². The lowest BCUT2D eigenvalue weighted by Crippen LogP contribution is -2.38. The summed E-state index contributed by atoms with van der Waals surface area (Å²) in [4.78, 5) is 15.6. The third kappa shape index (κ3) is 3.54. The average Bonchev–Trinajstić information content (AvgIpc) is 3.15. The Kier molecular flexibility index (Phi) is 4.82. The number of rotatable bonds is 4. The zero-order valence-electron chi connectivity index (χ0n) is 14.2. The maximum atomic E-state index is 12.8. The van der Waals surface area contributed by atoms with Gasteiger partial charge in [-0.3, -0.25) is 4.79 Å². The molecule has 4 nitrogen and oxygen atoms in total. The molecule has 0 spiro atoms. The Balaban J connectivity index is 1.44. The van der Waals surface area contributed by atoms with Gasteiger partial charge in [0.05, 0.1) is 18.4 Å². The van der Waals surface area contributed by atoms with Crippen molar-refractivity contribution >= 4 is 17.7 Å². The van der Waals surface area contributed by atoms with E-state index in [2.05, 4.69) is 0 Å². The molecular formula is C21H19NO3S. The topological polar surface area (TPSA) is 53.7 Å². The van der Waals surface area contributed by atoms with E-state index < -0.39 is 6.10 Å². The van der Waals surface area contributed by atoms with Crippen molar-refractivity contribution in [3.8, 4) is 0 Å². The van der Waals surface area contributed by atoms with Crippen LogP contribution in [-0.4, -0.2) is 22.5 Å². The van der Waals surface area contributed by atoms with Crippen LogP contribution < -0.4 is 0 Å². The molecule has 5 heteroatoms. The van der Waals surface area contributed by atoms with Crippen LogP contribution in [0.4, 0.5) is 0 Å². The van der Waals surface area contributed by atoms with Gasteiger partial charge in [0.15, 0.2) is 5.76 Å². The van der Waals surface area contributed by atoms with Gasteiger partial charge in [0.2, 0.25) is 0 Å². The number of benzene rings is 2. The second kappa shape index (κ2) is 7.40. The molecule has 0 saturated carbocycles. The molecule has 26 heavy (non-hydrogen) atoms. The Morgan fingerprint density at radius 3 is 2.69 bits per heavy atom. The summed E-state index contributed by atoms with van der Waals surface area (Å²) in [5.74, 6) is 1.57. The summed E-state index contributed by atoms with van der Waals surface area (Å²) in [7, 11) is 0. The molecule has 1 aliphatic rings. The summed E-state index contributed by atoms with van der Waals surface area (Å²) in [6, 6.07) is 21.3. The molecule has 132 valence electrons. The van der Waals surface area contributed by atoms with E-state index in [-0.39, 0.29) is 12.5 Å². The highest BCUT2D eigenvalue weighted by Crippen LogP contribution is 2.28. The molecule has 3 aromatic rings.